The number of benzene rings is 1. The van der Waals surface area contributed by atoms with Gasteiger partial charge in [0.2, 0.25) is 17.8 Å². The summed E-state index contributed by atoms with van der Waals surface area (Å²) in [6.45, 7) is 3.69. The van der Waals surface area contributed by atoms with Crippen molar-refractivity contribution in [2.75, 3.05) is 9.80 Å². The van der Waals surface area contributed by atoms with Gasteiger partial charge in [-0.1, -0.05) is 6.42 Å². The Morgan fingerprint density at radius 2 is 1.96 bits per heavy atom. The molecular formula is C19H26N6O. The number of fused-ring (bicyclic) bond motifs is 1. The fraction of sp³-hybridized carbons (Fsp3) is 0.526. The first-order valence-electron chi connectivity index (χ1n) is 9.34. The molecule has 0 radical (unpaired) electrons. The lowest BCUT2D eigenvalue weighted by Crippen LogP contribution is -2.58. The van der Waals surface area contributed by atoms with Gasteiger partial charge in [-0.3, -0.25) is 9.69 Å². The summed E-state index contributed by atoms with van der Waals surface area (Å²) < 4.78 is 0. The maximum Gasteiger partial charge on any atom is 0.224 e. The van der Waals surface area contributed by atoms with Crippen molar-refractivity contribution >= 4 is 29.2 Å². The lowest BCUT2D eigenvalue weighted by atomic mass is 9.87. The second kappa shape index (κ2) is 6.00. The van der Waals surface area contributed by atoms with Crippen LogP contribution in [-0.4, -0.2) is 29.5 Å². The van der Waals surface area contributed by atoms with Gasteiger partial charge in [-0.25, -0.2) is 4.99 Å². The summed E-state index contributed by atoms with van der Waals surface area (Å²) in [6, 6.07) is 6.33. The number of guanidine groups is 2. The Morgan fingerprint density at radius 3 is 2.65 bits per heavy atom. The van der Waals surface area contributed by atoms with Crippen molar-refractivity contribution in [2.45, 2.75) is 64.1 Å². The van der Waals surface area contributed by atoms with Gasteiger partial charge in [-0.05, 0) is 62.8 Å². The van der Waals surface area contributed by atoms with Gasteiger partial charge in [0.05, 0.1) is 0 Å². The molecule has 0 bridgehead atoms. The molecule has 1 aromatic rings. The third-order valence-electron chi connectivity index (χ3n) is 5.73. The molecule has 1 aromatic carbocycles. The number of hydrogen-bond acceptors (Lipinski definition) is 6. The van der Waals surface area contributed by atoms with E-state index in [1.165, 1.54) is 6.42 Å². The van der Waals surface area contributed by atoms with Crippen molar-refractivity contribution in [3.63, 3.8) is 0 Å². The van der Waals surface area contributed by atoms with Gasteiger partial charge in [0.15, 0.2) is 0 Å². The van der Waals surface area contributed by atoms with E-state index in [1.807, 2.05) is 21.9 Å². The summed E-state index contributed by atoms with van der Waals surface area (Å²) in [5, 5.41) is 0. The number of aliphatic imine (C=N–C) groups is 2. The van der Waals surface area contributed by atoms with E-state index >= 15 is 0 Å². The van der Waals surface area contributed by atoms with Gasteiger partial charge >= 0.3 is 0 Å². The molecule has 1 spiro atoms. The molecule has 1 fully saturated rings. The highest BCUT2D eigenvalue weighted by Gasteiger charge is 2.43. The number of nitrogens with two attached hydrogens (primary N) is 2. The van der Waals surface area contributed by atoms with E-state index in [0.717, 1.165) is 49.0 Å². The van der Waals surface area contributed by atoms with Gasteiger partial charge in [0.1, 0.15) is 5.66 Å². The van der Waals surface area contributed by atoms with Crippen LogP contribution in [0.4, 0.5) is 11.4 Å². The first-order valence-corrected chi connectivity index (χ1v) is 9.34. The van der Waals surface area contributed by atoms with Crippen LogP contribution in [0.1, 0.15) is 51.5 Å². The molecule has 7 nitrogen and oxygen atoms in total. The topological polar surface area (TPSA) is 100 Å². The number of anilines is 2. The maximum absolute atomic E-state index is 12.0. The van der Waals surface area contributed by atoms with E-state index in [4.69, 9.17) is 16.5 Å². The minimum absolute atomic E-state index is 0.0733. The van der Waals surface area contributed by atoms with Crippen molar-refractivity contribution < 1.29 is 4.79 Å². The van der Waals surface area contributed by atoms with Gasteiger partial charge in [0, 0.05) is 24.3 Å². The van der Waals surface area contributed by atoms with Gasteiger partial charge < -0.3 is 16.4 Å². The Hall–Kier alpha value is -2.57. The molecule has 0 saturated heterocycles. The zero-order valence-corrected chi connectivity index (χ0v) is 15.4. The fourth-order valence-electron chi connectivity index (χ4n) is 4.73. The minimum atomic E-state index is -0.438. The summed E-state index contributed by atoms with van der Waals surface area (Å²) in [6.07, 6.45) is 6.07. The van der Waals surface area contributed by atoms with E-state index in [1.54, 1.807) is 6.92 Å². The number of carbonyl (C=O) groups excluding carboxylic acids is 1. The molecule has 1 atom stereocenters. The number of nitrogens with zero attached hydrogens (tertiary/aromatic N) is 4. The average molecular weight is 354 g/mol. The van der Waals surface area contributed by atoms with Crippen LogP contribution >= 0.6 is 0 Å². The number of amides is 1. The van der Waals surface area contributed by atoms with Gasteiger partial charge in [-0.2, -0.15) is 4.99 Å². The molecule has 2 heterocycles. The Kier molecular flexibility index (Phi) is 3.89. The molecule has 1 aliphatic carbocycles. The predicted molar refractivity (Wildman–Crippen MR) is 104 cm³/mol. The highest BCUT2D eigenvalue weighted by molar-refractivity contribution is 6.06. The van der Waals surface area contributed by atoms with Crippen LogP contribution in [0.15, 0.2) is 28.2 Å². The fourth-order valence-corrected chi connectivity index (χ4v) is 4.73. The normalized spacial score (nSPS) is 24.3. The molecule has 3 aliphatic rings. The number of hydrogen-bond donors (Lipinski definition) is 2. The van der Waals surface area contributed by atoms with Crippen molar-refractivity contribution in [1.82, 2.24) is 0 Å². The molecule has 1 unspecified atom stereocenters. The van der Waals surface area contributed by atoms with Crippen molar-refractivity contribution in [1.29, 1.82) is 0 Å². The SMILES string of the molecule is CC(=O)N1c2ccc(N3C(N)=NC(N)=NC34CCCCC4)cc2CC1C. The summed E-state index contributed by atoms with van der Waals surface area (Å²) in [5.74, 6) is 0.733. The van der Waals surface area contributed by atoms with Gasteiger partial charge in [-0.15, -0.1) is 0 Å². The largest absolute Gasteiger partial charge is 0.369 e. The second-order valence-electron chi connectivity index (χ2n) is 7.57. The summed E-state index contributed by atoms with van der Waals surface area (Å²) in [5.41, 5.74) is 14.9. The molecular weight excluding hydrogens is 328 g/mol. The van der Waals surface area contributed by atoms with E-state index in [0.29, 0.717) is 5.96 Å². The summed E-state index contributed by atoms with van der Waals surface area (Å²) in [4.78, 5) is 24.8. The molecule has 1 saturated carbocycles. The highest BCUT2D eigenvalue weighted by atomic mass is 16.2. The van der Waals surface area contributed by atoms with Crippen LogP contribution in [0.2, 0.25) is 0 Å². The first kappa shape index (κ1) is 16.9. The molecule has 4 rings (SSSR count). The molecule has 4 N–H and O–H groups in total. The standard InChI is InChI=1S/C19H26N6O/c1-12-10-14-11-15(6-7-16(14)24(12)13(2)26)25-18(21)22-17(20)23-19(25)8-4-3-5-9-19/h6-7,11-12H,3-5,8-10H2,1-2H3,(H4,20,21,22,23). The molecule has 138 valence electrons. The van der Waals surface area contributed by atoms with Crippen LogP contribution in [0, 0.1) is 0 Å². The van der Waals surface area contributed by atoms with E-state index in [9.17, 15) is 4.79 Å². The van der Waals surface area contributed by atoms with Crippen molar-refractivity contribution in [2.24, 2.45) is 21.5 Å². The third kappa shape index (κ3) is 2.53. The van der Waals surface area contributed by atoms with Crippen molar-refractivity contribution in [3.8, 4) is 0 Å². The van der Waals surface area contributed by atoms with Crippen molar-refractivity contribution in [3.05, 3.63) is 23.8 Å². The lowest BCUT2D eigenvalue weighted by Gasteiger charge is -2.45. The zero-order valence-electron chi connectivity index (χ0n) is 15.4. The number of carbonyl (C=O) groups is 1. The predicted octanol–water partition coefficient (Wildman–Crippen LogP) is 2.09. The highest BCUT2D eigenvalue weighted by Crippen LogP contribution is 2.42. The van der Waals surface area contributed by atoms with E-state index in [-0.39, 0.29) is 17.9 Å². The third-order valence-corrected chi connectivity index (χ3v) is 5.73. The summed E-state index contributed by atoms with van der Waals surface area (Å²) in [7, 11) is 0. The molecule has 7 heteroatoms. The lowest BCUT2D eigenvalue weighted by molar-refractivity contribution is -0.116. The number of rotatable bonds is 1. The Morgan fingerprint density at radius 1 is 1.23 bits per heavy atom. The monoisotopic (exact) mass is 354 g/mol. The second-order valence-corrected chi connectivity index (χ2v) is 7.57. The molecule has 26 heavy (non-hydrogen) atoms. The smallest absolute Gasteiger partial charge is 0.224 e. The van der Waals surface area contributed by atoms with Crippen LogP contribution in [-0.2, 0) is 11.2 Å². The van der Waals surface area contributed by atoms with Gasteiger partial charge in [0.25, 0.3) is 0 Å². The van der Waals surface area contributed by atoms with E-state index in [2.05, 4.69) is 18.0 Å². The van der Waals surface area contributed by atoms with Crippen LogP contribution in [0.3, 0.4) is 0 Å². The zero-order chi connectivity index (χ0) is 18.5. The van der Waals surface area contributed by atoms with E-state index < -0.39 is 5.66 Å². The quantitative estimate of drug-likeness (QED) is 0.806. The first-order chi connectivity index (χ1) is 12.4. The Balaban J connectivity index is 1.76. The van der Waals surface area contributed by atoms with Crippen LogP contribution in [0.5, 0.6) is 0 Å². The minimum Gasteiger partial charge on any atom is -0.369 e. The molecule has 0 aromatic heterocycles. The summed E-state index contributed by atoms with van der Waals surface area (Å²) >= 11 is 0. The van der Waals surface area contributed by atoms with Crippen LogP contribution in [0.25, 0.3) is 0 Å². The van der Waals surface area contributed by atoms with Crippen LogP contribution < -0.4 is 21.3 Å². The average Bonchev–Trinajstić information content (AvgIpc) is 2.89. The Bertz CT molecular complexity index is 808. The molecule has 2 aliphatic heterocycles. The Labute approximate surface area is 153 Å². The molecule has 1 amide bonds. The maximum atomic E-state index is 12.0.